The Kier molecular flexibility index (Phi) is 3.98. The van der Waals surface area contributed by atoms with Gasteiger partial charge in [-0.25, -0.2) is 0 Å². The average molecular weight is 407 g/mol. The molecule has 0 amide bonds. The van der Waals surface area contributed by atoms with Gasteiger partial charge in [0, 0.05) is 11.1 Å². The van der Waals surface area contributed by atoms with Crippen LogP contribution in [-0.4, -0.2) is 23.8 Å². The quantitative estimate of drug-likeness (QED) is 0.558. The summed E-state index contributed by atoms with van der Waals surface area (Å²) in [5.41, 5.74) is 0.596. The van der Waals surface area contributed by atoms with Crippen LogP contribution in [0.4, 0.5) is 0 Å². The first-order chi connectivity index (χ1) is 10.6. The zero-order valence-electron chi connectivity index (χ0n) is 11.7. The molecule has 5 heteroatoms. The van der Waals surface area contributed by atoms with Gasteiger partial charge in [-0.1, -0.05) is 18.2 Å². The SMILES string of the molecule is COc1ccc2c(c1)C(O)=C([I+]c1ccccc1)C(=O)C2=O. The van der Waals surface area contributed by atoms with E-state index in [0.717, 1.165) is 3.57 Å². The number of ether oxygens (including phenoxy) is 1. The van der Waals surface area contributed by atoms with Crippen LogP contribution in [0.2, 0.25) is 0 Å². The van der Waals surface area contributed by atoms with E-state index in [-0.39, 0.29) is 14.9 Å². The highest BCUT2D eigenvalue weighted by Crippen LogP contribution is 2.28. The summed E-state index contributed by atoms with van der Waals surface area (Å²) in [6, 6.07) is 14.1. The number of carbonyl (C=O) groups is 2. The van der Waals surface area contributed by atoms with Gasteiger partial charge in [-0.3, -0.25) is 9.59 Å². The lowest BCUT2D eigenvalue weighted by atomic mass is 9.94. The number of ketones is 2. The summed E-state index contributed by atoms with van der Waals surface area (Å²) < 4.78 is 6.32. The molecule has 22 heavy (non-hydrogen) atoms. The molecule has 0 aromatic heterocycles. The van der Waals surface area contributed by atoms with Crippen LogP contribution in [0.5, 0.6) is 5.75 Å². The highest BCUT2D eigenvalue weighted by atomic mass is 127. The van der Waals surface area contributed by atoms with Gasteiger partial charge in [0.1, 0.15) is 5.75 Å². The van der Waals surface area contributed by atoms with E-state index in [2.05, 4.69) is 0 Å². The Hall–Kier alpha value is -2.15. The maximum absolute atomic E-state index is 12.3. The second-order valence-corrected chi connectivity index (χ2v) is 7.49. The predicted molar refractivity (Wildman–Crippen MR) is 77.0 cm³/mol. The van der Waals surface area contributed by atoms with Crippen LogP contribution in [0.1, 0.15) is 15.9 Å². The Morgan fingerprint density at radius 1 is 0.955 bits per heavy atom. The second kappa shape index (κ2) is 5.92. The van der Waals surface area contributed by atoms with Crippen molar-refractivity contribution >= 4 is 17.3 Å². The van der Waals surface area contributed by atoms with E-state index in [1.54, 1.807) is 12.1 Å². The molecule has 0 atom stereocenters. The van der Waals surface area contributed by atoms with E-state index in [0.29, 0.717) is 11.3 Å². The number of benzene rings is 2. The van der Waals surface area contributed by atoms with Crippen molar-refractivity contribution in [3.8, 4) is 5.75 Å². The minimum atomic E-state index is -0.924. The molecular weight excluding hydrogens is 395 g/mol. The number of hydrogen-bond donors (Lipinski definition) is 1. The lowest BCUT2D eigenvalue weighted by Crippen LogP contribution is -3.61. The van der Waals surface area contributed by atoms with Gasteiger partial charge in [0.25, 0.3) is 9.36 Å². The third-order valence-corrected chi connectivity index (χ3v) is 6.16. The molecular formula is C17H12IO4+. The first kappa shape index (κ1) is 14.8. The molecule has 0 radical (unpaired) electrons. The Balaban J connectivity index is 2.11. The molecule has 0 saturated carbocycles. The summed E-state index contributed by atoms with van der Waals surface area (Å²) >= 11 is -0.924. The number of halogens is 1. The van der Waals surface area contributed by atoms with Crippen molar-refractivity contribution in [2.45, 2.75) is 0 Å². The molecule has 0 fully saturated rings. The number of aliphatic hydroxyl groups excluding tert-OH is 1. The van der Waals surface area contributed by atoms with Crippen molar-refractivity contribution in [2.75, 3.05) is 7.11 Å². The zero-order valence-corrected chi connectivity index (χ0v) is 13.8. The Morgan fingerprint density at radius 3 is 2.36 bits per heavy atom. The second-order valence-electron chi connectivity index (χ2n) is 4.62. The normalized spacial score (nSPS) is 14.0. The molecule has 3 rings (SSSR count). The number of allylic oxidation sites excluding steroid dienone is 1. The van der Waals surface area contributed by atoms with Crippen LogP contribution in [0.25, 0.3) is 5.76 Å². The number of aliphatic hydroxyl groups is 1. The first-order valence-corrected chi connectivity index (χ1v) is 8.68. The first-order valence-electron chi connectivity index (χ1n) is 6.52. The monoisotopic (exact) mass is 407 g/mol. The lowest BCUT2D eigenvalue weighted by molar-refractivity contribution is -0.569. The number of rotatable bonds is 3. The highest BCUT2D eigenvalue weighted by molar-refractivity contribution is 6.51. The van der Waals surface area contributed by atoms with E-state index in [1.165, 1.54) is 13.2 Å². The van der Waals surface area contributed by atoms with E-state index in [4.69, 9.17) is 4.74 Å². The molecule has 0 spiro atoms. The summed E-state index contributed by atoms with van der Waals surface area (Å²) in [4.78, 5) is 24.5. The molecule has 110 valence electrons. The maximum atomic E-state index is 12.3. The summed E-state index contributed by atoms with van der Waals surface area (Å²) in [5.74, 6) is -0.743. The van der Waals surface area contributed by atoms with Crippen LogP contribution >= 0.6 is 0 Å². The fraction of sp³-hybridized carbons (Fsp3) is 0.0588. The molecule has 1 N–H and O–H groups in total. The number of Topliss-reactive ketones (excluding diaryl/α,β-unsaturated/α-hetero) is 2. The van der Waals surface area contributed by atoms with Crippen LogP contribution in [0, 0.1) is 3.57 Å². The Morgan fingerprint density at radius 2 is 1.68 bits per heavy atom. The molecule has 0 aliphatic heterocycles. The topological polar surface area (TPSA) is 63.6 Å². The number of methoxy groups -OCH3 is 1. The van der Waals surface area contributed by atoms with Gasteiger partial charge in [-0.05, 0) is 30.3 Å². The van der Waals surface area contributed by atoms with Gasteiger partial charge in [0.2, 0.25) is 5.78 Å². The van der Waals surface area contributed by atoms with Gasteiger partial charge in [0.15, 0.2) is 9.33 Å². The minimum Gasteiger partial charge on any atom is -0.503 e. The van der Waals surface area contributed by atoms with Crippen molar-refractivity contribution in [3.05, 3.63) is 66.8 Å². The maximum Gasteiger partial charge on any atom is 0.366 e. The molecule has 2 aromatic carbocycles. The fourth-order valence-corrected chi connectivity index (χ4v) is 4.60. The van der Waals surface area contributed by atoms with E-state index < -0.39 is 32.8 Å². The third kappa shape index (κ3) is 2.52. The number of hydrogen-bond acceptors (Lipinski definition) is 4. The standard InChI is InChI=1S/C17H11IO4/c1-22-11-7-8-12-13(9-11)15(19)14(17(21)16(12)20)18-10-5-3-2-4-6-10/h2-9H,1H3/p+1. The van der Waals surface area contributed by atoms with Gasteiger partial charge in [-0.15, -0.1) is 0 Å². The smallest absolute Gasteiger partial charge is 0.366 e. The van der Waals surface area contributed by atoms with Crippen LogP contribution in [0.3, 0.4) is 0 Å². The Labute approximate surface area is 137 Å². The molecule has 2 aromatic rings. The van der Waals surface area contributed by atoms with Gasteiger partial charge in [0.05, 0.1) is 7.11 Å². The fourth-order valence-electron chi connectivity index (χ4n) is 2.17. The Bertz CT molecular complexity index is 794. The van der Waals surface area contributed by atoms with Crippen molar-refractivity contribution in [3.63, 3.8) is 0 Å². The number of carbonyl (C=O) groups excluding carboxylic acids is 2. The molecule has 0 bridgehead atoms. The highest BCUT2D eigenvalue weighted by Gasteiger charge is 2.42. The summed E-state index contributed by atoms with van der Waals surface area (Å²) in [5, 5.41) is 10.5. The van der Waals surface area contributed by atoms with Crippen molar-refractivity contribution < 1.29 is 40.6 Å². The molecule has 0 saturated heterocycles. The van der Waals surface area contributed by atoms with E-state index in [9.17, 15) is 14.7 Å². The van der Waals surface area contributed by atoms with Gasteiger partial charge in [-0.2, -0.15) is 0 Å². The van der Waals surface area contributed by atoms with Crippen molar-refractivity contribution in [1.82, 2.24) is 0 Å². The minimum absolute atomic E-state index is 0.102. The summed E-state index contributed by atoms with van der Waals surface area (Å²) in [7, 11) is 1.51. The van der Waals surface area contributed by atoms with E-state index >= 15 is 0 Å². The molecule has 1 aliphatic rings. The van der Waals surface area contributed by atoms with Gasteiger partial charge < -0.3 is 9.84 Å². The van der Waals surface area contributed by atoms with Crippen molar-refractivity contribution in [2.24, 2.45) is 0 Å². The van der Waals surface area contributed by atoms with Crippen LogP contribution < -0.4 is 25.9 Å². The predicted octanol–water partition coefficient (Wildman–Crippen LogP) is -0.354. The summed E-state index contributed by atoms with van der Waals surface area (Å²) in [6.45, 7) is 0. The largest absolute Gasteiger partial charge is 0.503 e. The van der Waals surface area contributed by atoms with E-state index in [1.807, 2.05) is 30.3 Å². The molecule has 4 nitrogen and oxygen atoms in total. The van der Waals surface area contributed by atoms with Gasteiger partial charge >= 0.3 is 21.2 Å². The number of fused-ring (bicyclic) bond motifs is 1. The van der Waals surface area contributed by atoms with Crippen molar-refractivity contribution in [1.29, 1.82) is 0 Å². The average Bonchev–Trinajstić information content (AvgIpc) is 2.57. The molecule has 0 heterocycles. The van der Waals surface area contributed by atoms with Crippen LogP contribution in [0.15, 0.2) is 52.1 Å². The third-order valence-electron chi connectivity index (χ3n) is 3.28. The summed E-state index contributed by atoms with van der Waals surface area (Å²) in [6.07, 6.45) is 0. The lowest BCUT2D eigenvalue weighted by Gasteiger charge is -2.13. The molecule has 0 unspecified atom stereocenters. The molecule has 1 aliphatic carbocycles. The zero-order chi connectivity index (χ0) is 15.7. The van der Waals surface area contributed by atoms with Crippen LogP contribution in [-0.2, 0) is 4.79 Å².